The van der Waals surface area contributed by atoms with Gasteiger partial charge in [0.1, 0.15) is 6.61 Å². The van der Waals surface area contributed by atoms with Crippen molar-refractivity contribution in [3.63, 3.8) is 0 Å². The second-order valence-corrected chi connectivity index (χ2v) is 8.19. The zero-order valence-corrected chi connectivity index (χ0v) is 19.1. The van der Waals surface area contributed by atoms with Crippen molar-refractivity contribution in [3.8, 4) is 0 Å². The lowest BCUT2D eigenvalue weighted by atomic mass is 10.1. The van der Waals surface area contributed by atoms with E-state index in [0.717, 1.165) is 18.4 Å². The zero-order valence-electron chi connectivity index (χ0n) is 19.1. The van der Waals surface area contributed by atoms with E-state index in [1.54, 1.807) is 0 Å². The summed E-state index contributed by atoms with van der Waals surface area (Å²) in [6.07, 6.45) is 2.71. The molecule has 1 N–H and O–H groups in total. The zero-order chi connectivity index (χ0) is 23.3. The number of carbonyl (C=O) groups excluding carboxylic acids is 3. The quantitative estimate of drug-likeness (QED) is 0.562. The van der Waals surface area contributed by atoms with Crippen LogP contribution in [-0.4, -0.2) is 60.4 Å². The fourth-order valence-corrected chi connectivity index (χ4v) is 3.81. The predicted octanol–water partition coefficient (Wildman–Crippen LogP) is 3.39. The van der Waals surface area contributed by atoms with Gasteiger partial charge in [-0.1, -0.05) is 60.7 Å². The van der Waals surface area contributed by atoms with Crippen molar-refractivity contribution in [1.82, 2.24) is 15.1 Å². The van der Waals surface area contributed by atoms with Crippen molar-refractivity contribution in [3.05, 3.63) is 71.8 Å². The molecule has 0 radical (unpaired) electrons. The molecule has 7 heteroatoms. The second-order valence-electron chi connectivity index (χ2n) is 8.19. The number of amides is 3. The first-order valence-corrected chi connectivity index (χ1v) is 11.7. The minimum Gasteiger partial charge on any atom is -0.445 e. The highest BCUT2D eigenvalue weighted by atomic mass is 16.5. The number of rotatable bonds is 10. The molecule has 0 atom stereocenters. The number of nitrogens with one attached hydrogen (secondary N) is 1. The van der Waals surface area contributed by atoms with Crippen molar-refractivity contribution in [2.24, 2.45) is 0 Å². The molecule has 0 aliphatic carbocycles. The van der Waals surface area contributed by atoms with E-state index in [4.69, 9.17) is 4.74 Å². The SMILES string of the molecule is O=C(NCCCC(=O)N1CCN(C(=O)CCCc2ccccc2)CC1)OCc1ccccc1. The van der Waals surface area contributed by atoms with Crippen molar-refractivity contribution in [1.29, 1.82) is 0 Å². The summed E-state index contributed by atoms with van der Waals surface area (Å²) in [5.41, 5.74) is 2.18. The molecule has 2 aromatic carbocycles. The molecule has 0 saturated carbocycles. The highest BCUT2D eigenvalue weighted by Crippen LogP contribution is 2.10. The molecule has 0 bridgehead atoms. The maximum Gasteiger partial charge on any atom is 0.407 e. The van der Waals surface area contributed by atoms with Gasteiger partial charge in [-0.25, -0.2) is 4.79 Å². The van der Waals surface area contributed by atoms with Crippen LogP contribution in [0, 0.1) is 0 Å². The smallest absolute Gasteiger partial charge is 0.407 e. The summed E-state index contributed by atoms with van der Waals surface area (Å²) in [6, 6.07) is 19.7. The van der Waals surface area contributed by atoms with E-state index >= 15 is 0 Å². The van der Waals surface area contributed by atoms with Crippen LogP contribution in [0.5, 0.6) is 0 Å². The maximum absolute atomic E-state index is 12.5. The molecule has 1 aliphatic heterocycles. The predicted molar refractivity (Wildman–Crippen MR) is 126 cm³/mol. The lowest BCUT2D eigenvalue weighted by Gasteiger charge is -2.35. The lowest BCUT2D eigenvalue weighted by molar-refractivity contribution is -0.139. The molecule has 176 valence electrons. The van der Waals surface area contributed by atoms with Gasteiger partial charge in [-0.3, -0.25) is 9.59 Å². The monoisotopic (exact) mass is 451 g/mol. The van der Waals surface area contributed by atoms with Crippen LogP contribution in [0.4, 0.5) is 4.79 Å². The molecule has 3 amide bonds. The van der Waals surface area contributed by atoms with E-state index in [1.807, 2.05) is 58.3 Å². The Balaban J connectivity index is 1.24. The summed E-state index contributed by atoms with van der Waals surface area (Å²) in [6.45, 7) is 2.91. The molecule has 0 spiro atoms. The summed E-state index contributed by atoms with van der Waals surface area (Å²) >= 11 is 0. The minimum absolute atomic E-state index is 0.0608. The number of carbonyl (C=O) groups is 3. The number of piperazine rings is 1. The highest BCUT2D eigenvalue weighted by Gasteiger charge is 2.23. The van der Waals surface area contributed by atoms with Crippen LogP contribution >= 0.6 is 0 Å². The average molecular weight is 452 g/mol. The molecule has 1 saturated heterocycles. The first-order chi connectivity index (χ1) is 16.1. The Kier molecular flexibility index (Phi) is 9.76. The van der Waals surface area contributed by atoms with Gasteiger partial charge < -0.3 is 19.9 Å². The number of ether oxygens (including phenoxy) is 1. The molecule has 1 aliphatic rings. The van der Waals surface area contributed by atoms with Crippen molar-refractivity contribution in [2.45, 2.75) is 38.7 Å². The van der Waals surface area contributed by atoms with E-state index in [0.29, 0.717) is 52.0 Å². The van der Waals surface area contributed by atoms with E-state index in [1.165, 1.54) is 5.56 Å². The van der Waals surface area contributed by atoms with Crippen LogP contribution < -0.4 is 5.32 Å². The Morgan fingerprint density at radius 1 is 0.727 bits per heavy atom. The fourth-order valence-electron chi connectivity index (χ4n) is 3.81. The fraction of sp³-hybridized carbons (Fsp3) is 0.423. The Morgan fingerprint density at radius 2 is 1.24 bits per heavy atom. The molecule has 0 aromatic heterocycles. The maximum atomic E-state index is 12.5. The molecule has 1 heterocycles. The molecule has 33 heavy (non-hydrogen) atoms. The van der Waals surface area contributed by atoms with Gasteiger partial charge in [0.15, 0.2) is 0 Å². The number of nitrogens with zero attached hydrogens (tertiary/aromatic N) is 2. The van der Waals surface area contributed by atoms with Crippen LogP contribution in [-0.2, 0) is 27.4 Å². The summed E-state index contributed by atoms with van der Waals surface area (Å²) in [7, 11) is 0. The molecule has 7 nitrogen and oxygen atoms in total. The summed E-state index contributed by atoms with van der Waals surface area (Å²) in [5, 5.41) is 2.68. The third-order valence-electron chi connectivity index (χ3n) is 5.73. The van der Waals surface area contributed by atoms with Gasteiger partial charge in [-0.15, -0.1) is 0 Å². The van der Waals surface area contributed by atoms with E-state index < -0.39 is 6.09 Å². The first kappa shape index (κ1) is 24.3. The molecule has 2 aromatic rings. The van der Waals surface area contributed by atoms with Crippen molar-refractivity contribution in [2.75, 3.05) is 32.7 Å². The summed E-state index contributed by atoms with van der Waals surface area (Å²) in [5.74, 6) is 0.224. The number of hydrogen-bond acceptors (Lipinski definition) is 4. The third kappa shape index (κ3) is 8.60. The normalized spacial score (nSPS) is 13.5. The van der Waals surface area contributed by atoms with Crippen molar-refractivity contribution >= 4 is 17.9 Å². The topological polar surface area (TPSA) is 79.0 Å². The minimum atomic E-state index is -0.481. The standard InChI is InChI=1S/C26H33N3O4/c30-24(14-7-13-22-9-3-1-4-10-22)28-17-19-29(20-18-28)25(31)15-8-16-27-26(32)33-21-23-11-5-2-6-12-23/h1-6,9-12H,7-8,13-21H2,(H,27,32). The van der Waals surface area contributed by atoms with E-state index in [2.05, 4.69) is 17.4 Å². The van der Waals surface area contributed by atoms with Gasteiger partial charge in [0.25, 0.3) is 0 Å². The van der Waals surface area contributed by atoms with Gasteiger partial charge in [0.05, 0.1) is 0 Å². The van der Waals surface area contributed by atoms with Crippen LogP contribution in [0.3, 0.4) is 0 Å². The number of alkyl carbamates (subject to hydrolysis) is 1. The van der Waals surface area contributed by atoms with Gasteiger partial charge in [-0.05, 0) is 30.4 Å². The summed E-state index contributed by atoms with van der Waals surface area (Å²) in [4.78, 5) is 40.3. The molecule has 1 fully saturated rings. The largest absolute Gasteiger partial charge is 0.445 e. The molecular weight excluding hydrogens is 418 g/mol. The lowest BCUT2D eigenvalue weighted by Crippen LogP contribution is -2.50. The van der Waals surface area contributed by atoms with Gasteiger partial charge in [-0.2, -0.15) is 0 Å². The Bertz CT molecular complexity index is 881. The molecular formula is C26H33N3O4. The van der Waals surface area contributed by atoms with Gasteiger partial charge in [0, 0.05) is 45.6 Å². The highest BCUT2D eigenvalue weighted by molar-refractivity contribution is 5.78. The van der Waals surface area contributed by atoms with E-state index in [9.17, 15) is 14.4 Å². The van der Waals surface area contributed by atoms with Crippen molar-refractivity contribution < 1.29 is 19.1 Å². The van der Waals surface area contributed by atoms with Crippen LogP contribution in [0.25, 0.3) is 0 Å². The van der Waals surface area contributed by atoms with Crippen LogP contribution in [0.1, 0.15) is 36.8 Å². The first-order valence-electron chi connectivity index (χ1n) is 11.7. The molecule has 0 unspecified atom stereocenters. The second kappa shape index (κ2) is 13.3. The van der Waals surface area contributed by atoms with Crippen LogP contribution in [0.2, 0.25) is 0 Å². The Labute approximate surface area is 195 Å². The van der Waals surface area contributed by atoms with E-state index in [-0.39, 0.29) is 18.4 Å². The average Bonchev–Trinajstić information content (AvgIpc) is 2.86. The number of hydrogen-bond donors (Lipinski definition) is 1. The third-order valence-corrected chi connectivity index (χ3v) is 5.73. The molecule has 3 rings (SSSR count). The Morgan fingerprint density at radius 3 is 1.82 bits per heavy atom. The van der Waals surface area contributed by atoms with Gasteiger partial charge in [0.2, 0.25) is 11.8 Å². The van der Waals surface area contributed by atoms with Gasteiger partial charge >= 0.3 is 6.09 Å². The number of benzene rings is 2. The summed E-state index contributed by atoms with van der Waals surface area (Å²) < 4.78 is 5.16. The number of aryl methyl sites for hydroxylation is 1. The Hall–Kier alpha value is -3.35. The van der Waals surface area contributed by atoms with Crippen LogP contribution in [0.15, 0.2) is 60.7 Å².